The van der Waals surface area contributed by atoms with Gasteiger partial charge < -0.3 is 10.1 Å². The zero-order valence-electron chi connectivity index (χ0n) is 12.5. The van der Waals surface area contributed by atoms with Gasteiger partial charge in [0.05, 0.1) is 12.7 Å². The number of amides is 1. The van der Waals surface area contributed by atoms with E-state index in [1.807, 2.05) is 30.3 Å². The Morgan fingerprint density at radius 1 is 1.00 bits per heavy atom. The molecule has 23 heavy (non-hydrogen) atoms. The number of esters is 1. The van der Waals surface area contributed by atoms with Crippen molar-refractivity contribution in [3.05, 3.63) is 71.3 Å². The molecule has 0 spiro atoms. The molecule has 118 valence electrons. The summed E-state index contributed by atoms with van der Waals surface area (Å²) in [6, 6.07) is 15.9. The van der Waals surface area contributed by atoms with Crippen LogP contribution in [0.25, 0.3) is 0 Å². The van der Waals surface area contributed by atoms with Crippen LogP contribution in [-0.4, -0.2) is 24.1 Å². The van der Waals surface area contributed by atoms with Crippen molar-refractivity contribution in [3.63, 3.8) is 0 Å². The van der Waals surface area contributed by atoms with Gasteiger partial charge in [-0.15, -0.1) is 0 Å². The lowest BCUT2D eigenvalue weighted by molar-refractivity contribution is 0.0600. The standard InChI is InChI=1S/C17H16N2O3S/c1-22-16(21)14-9-7-13(8-10-14)15(20)19-17(23)18-11-12-5-3-2-4-6-12/h2-10H,11H2,1H3,(H2,18,19,20,23). The van der Waals surface area contributed by atoms with Crippen molar-refractivity contribution in [2.75, 3.05) is 7.11 Å². The lowest BCUT2D eigenvalue weighted by Crippen LogP contribution is -2.38. The molecule has 0 aliphatic carbocycles. The Morgan fingerprint density at radius 3 is 2.22 bits per heavy atom. The second kappa shape index (κ2) is 8.05. The fourth-order valence-electron chi connectivity index (χ4n) is 1.87. The average molecular weight is 328 g/mol. The van der Waals surface area contributed by atoms with E-state index < -0.39 is 5.97 Å². The van der Waals surface area contributed by atoms with E-state index in [0.29, 0.717) is 17.7 Å². The summed E-state index contributed by atoms with van der Waals surface area (Å²) >= 11 is 5.10. The molecule has 0 saturated carbocycles. The highest BCUT2D eigenvalue weighted by Gasteiger charge is 2.10. The van der Waals surface area contributed by atoms with Crippen LogP contribution < -0.4 is 10.6 Å². The summed E-state index contributed by atoms with van der Waals surface area (Å²) in [6.07, 6.45) is 0. The van der Waals surface area contributed by atoms with Gasteiger partial charge in [0.15, 0.2) is 5.11 Å². The van der Waals surface area contributed by atoms with E-state index >= 15 is 0 Å². The first-order chi connectivity index (χ1) is 11.1. The Kier molecular flexibility index (Phi) is 5.82. The highest BCUT2D eigenvalue weighted by Crippen LogP contribution is 2.05. The maximum atomic E-state index is 12.1. The normalized spacial score (nSPS) is 9.78. The van der Waals surface area contributed by atoms with Crippen LogP contribution in [0.2, 0.25) is 0 Å². The van der Waals surface area contributed by atoms with Crippen molar-refractivity contribution in [1.82, 2.24) is 10.6 Å². The number of hydrogen-bond acceptors (Lipinski definition) is 4. The lowest BCUT2D eigenvalue weighted by atomic mass is 10.1. The van der Waals surface area contributed by atoms with E-state index in [4.69, 9.17) is 12.2 Å². The van der Waals surface area contributed by atoms with Gasteiger partial charge in [-0.05, 0) is 42.0 Å². The molecular formula is C17H16N2O3S. The van der Waals surface area contributed by atoms with Crippen LogP contribution in [0.1, 0.15) is 26.3 Å². The van der Waals surface area contributed by atoms with Crippen LogP contribution in [0.4, 0.5) is 0 Å². The van der Waals surface area contributed by atoms with Crippen molar-refractivity contribution in [1.29, 1.82) is 0 Å². The van der Waals surface area contributed by atoms with Gasteiger partial charge in [0.2, 0.25) is 0 Å². The number of thiocarbonyl (C=S) groups is 1. The molecule has 1 amide bonds. The van der Waals surface area contributed by atoms with E-state index in [2.05, 4.69) is 15.4 Å². The topological polar surface area (TPSA) is 67.4 Å². The van der Waals surface area contributed by atoms with Crippen LogP contribution in [0.5, 0.6) is 0 Å². The molecule has 0 fully saturated rings. The van der Waals surface area contributed by atoms with Gasteiger partial charge in [-0.2, -0.15) is 0 Å². The van der Waals surface area contributed by atoms with E-state index in [1.54, 1.807) is 12.1 Å². The largest absolute Gasteiger partial charge is 0.465 e. The minimum atomic E-state index is -0.447. The summed E-state index contributed by atoms with van der Waals surface area (Å²) in [7, 11) is 1.31. The van der Waals surface area contributed by atoms with E-state index in [1.165, 1.54) is 19.2 Å². The molecular weight excluding hydrogens is 312 g/mol. The lowest BCUT2D eigenvalue weighted by Gasteiger charge is -2.10. The molecule has 0 unspecified atom stereocenters. The van der Waals surface area contributed by atoms with Crippen LogP contribution >= 0.6 is 12.2 Å². The second-order valence-electron chi connectivity index (χ2n) is 4.69. The molecule has 6 heteroatoms. The predicted octanol–water partition coefficient (Wildman–Crippen LogP) is 2.28. The number of rotatable bonds is 4. The number of nitrogens with one attached hydrogen (secondary N) is 2. The number of hydrogen-bond donors (Lipinski definition) is 2. The summed E-state index contributed by atoms with van der Waals surface area (Å²) in [5, 5.41) is 5.80. The van der Waals surface area contributed by atoms with Crippen molar-refractivity contribution in [2.24, 2.45) is 0 Å². The summed E-state index contributed by atoms with van der Waals surface area (Å²) in [5.74, 6) is -0.788. The first-order valence-electron chi connectivity index (χ1n) is 6.91. The van der Waals surface area contributed by atoms with Crippen LogP contribution in [0.3, 0.4) is 0 Å². The van der Waals surface area contributed by atoms with E-state index in [9.17, 15) is 9.59 Å². The van der Waals surface area contributed by atoms with Gasteiger partial charge >= 0.3 is 5.97 Å². The summed E-state index contributed by atoms with van der Waals surface area (Å²) in [6.45, 7) is 0.529. The third-order valence-corrected chi connectivity index (χ3v) is 3.34. The van der Waals surface area contributed by atoms with Crippen LogP contribution in [-0.2, 0) is 11.3 Å². The SMILES string of the molecule is COC(=O)c1ccc(C(=O)NC(=S)NCc2ccccc2)cc1. The maximum absolute atomic E-state index is 12.1. The van der Waals surface area contributed by atoms with Gasteiger partial charge in [-0.3, -0.25) is 10.1 Å². The van der Waals surface area contributed by atoms with Crippen molar-refractivity contribution < 1.29 is 14.3 Å². The molecule has 0 saturated heterocycles. The molecule has 5 nitrogen and oxygen atoms in total. The molecule has 2 rings (SSSR count). The zero-order chi connectivity index (χ0) is 16.7. The van der Waals surface area contributed by atoms with Gasteiger partial charge in [-0.25, -0.2) is 4.79 Å². The number of carbonyl (C=O) groups excluding carboxylic acids is 2. The average Bonchev–Trinajstić information content (AvgIpc) is 2.60. The molecule has 2 N–H and O–H groups in total. The number of carbonyl (C=O) groups is 2. The first kappa shape index (κ1) is 16.6. The zero-order valence-corrected chi connectivity index (χ0v) is 13.4. The monoisotopic (exact) mass is 328 g/mol. The fourth-order valence-corrected chi connectivity index (χ4v) is 2.04. The minimum Gasteiger partial charge on any atom is -0.465 e. The number of ether oxygens (including phenoxy) is 1. The van der Waals surface area contributed by atoms with Gasteiger partial charge in [-0.1, -0.05) is 30.3 Å². The fraction of sp³-hybridized carbons (Fsp3) is 0.118. The van der Waals surface area contributed by atoms with Crippen molar-refractivity contribution in [2.45, 2.75) is 6.54 Å². The van der Waals surface area contributed by atoms with Crippen molar-refractivity contribution in [3.8, 4) is 0 Å². The molecule has 0 aliphatic heterocycles. The third-order valence-electron chi connectivity index (χ3n) is 3.09. The Bertz CT molecular complexity index is 700. The third kappa shape index (κ3) is 4.89. The highest BCUT2D eigenvalue weighted by atomic mass is 32.1. The Hall–Kier alpha value is -2.73. The van der Waals surface area contributed by atoms with E-state index in [-0.39, 0.29) is 11.0 Å². The molecule has 0 aromatic heterocycles. The number of benzene rings is 2. The van der Waals surface area contributed by atoms with Crippen molar-refractivity contribution >= 4 is 29.2 Å². The first-order valence-corrected chi connectivity index (χ1v) is 7.32. The predicted molar refractivity (Wildman–Crippen MR) is 91.1 cm³/mol. The summed E-state index contributed by atoms with van der Waals surface area (Å²) < 4.78 is 4.60. The van der Waals surface area contributed by atoms with Gasteiger partial charge in [0.25, 0.3) is 5.91 Å². The molecule has 0 radical (unpaired) electrons. The quantitative estimate of drug-likeness (QED) is 0.666. The van der Waals surface area contributed by atoms with Crippen LogP contribution in [0.15, 0.2) is 54.6 Å². The van der Waals surface area contributed by atoms with E-state index in [0.717, 1.165) is 5.56 Å². The van der Waals surface area contributed by atoms with Crippen LogP contribution in [0, 0.1) is 0 Å². The Balaban J connectivity index is 1.88. The molecule has 0 atom stereocenters. The molecule has 0 aliphatic rings. The minimum absolute atomic E-state index is 0.246. The molecule has 0 bridgehead atoms. The van der Waals surface area contributed by atoms with Gasteiger partial charge in [0.1, 0.15) is 0 Å². The molecule has 0 heterocycles. The maximum Gasteiger partial charge on any atom is 0.337 e. The summed E-state index contributed by atoms with van der Waals surface area (Å²) in [4.78, 5) is 23.4. The Labute approximate surface area is 139 Å². The number of methoxy groups -OCH3 is 1. The highest BCUT2D eigenvalue weighted by molar-refractivity contribution is 7.80. The Morgan fingerprint density at radius 2 is 1.61 bits per heavy atom. The van der Waals surface area contributed by atoms with Gasteiger partial charge in [0, 0.05) is 12.1 Å². The molecule has 2 aromatic carbocycles. The molecule has 2 aromatic rings. The smallest absolute Gasteiger partial charge is 0.337 e. The summed E-state index contributed by atoms with van der Waals surface area (Å²) in [5.41, 5.74) is 1.85. The second-order valence-corrected chi connectivity index (χ2v) is 5.10.